The molecule has 1 aliphatic carbocycles. The molecule has 0 unspecified atom stereocenters. The van der Waals surface area contributed by atoms with Crippen molar-refractivity contribution < 1.29 is 23.5 Å². The number of aromatic nitrogens is 1. The zero-order chi connectivity index (χ0) is 19.1. The molecule has 1 N–H and O–H groups in total. The van der Waals surface area contributed by atoms with Crippen LogP contribution < -0.4 is 19.5 Å². The number of amides is 1. The van der Waals surface area contributed by atoms with Gasteiger partial charge in [0.05, 0.1) is 18.2 Å². The lowest BCUT2D eigenvalue weighted by Gasteiger charge is -2.12. The minimum atomic E-state index is -0.641. The van der Waals surface area contributed by atoms with Crippen molar-refractivity contribution in [2.24, 2.45) is 0 Å². The zero-order valence-corrected chi connectivity index (χ0v) is 15.2. The van der Waals surface area contributed by atoms with Crippen LogP contribution in [0.5, 0.6) is 17.2 Å². The molecule has 0 saturated heterocycles. The van der Waals surface area contributed by atoms with E-state index in [0.29, 0.717) is 23.0 Å². The number of methoxy groups -OCH3 is 1. The van der Waals surface area contributed by atoms with Gasteiger partial charge in [0.15, 0.2) is 17.3 Å². The number of nitrogens with one attached hydrogen (secondary N) is 1. The number of benzene rings is 2. The predicted molar refractivity (Wildman–Crippen MR) is 101 cm³/mol. The summed E-state index contributed by atoms with van der Waals surface area (Å²) in [6.45, 7) is 0.217. The van der Waals surface area contributed by atoms with Crippen molar-refractivity contribution in [3.05, 3.63) is 54.2 Å². The number of carbonyl (C=O) groups is 1. The number of carbonyl (C=O) groups excluding carboxylic acids is 1. The van der Waals surface area contributed by atoms with Gasteiger partial charge in [0, 0.05) is 17.3 Å². The van der Waals surface area contributed by atoms with Gasteiger partial charge in [-0.25, -0.2) is 0 Å². The van der Waals surface area contributed by atoms with E-state index < -0.39 is 5.41 Å². The van der Waals surface area contributed by atoms with Crippen LogP contribution in [0.2, 0.25) is 0 Å². The Bertz CT molecular complexity index is 1040. The summed E-state index contributed by atoms with van der Waals surface area (Å²) in [5, 5.41) is 7.15. The van der Waals surface area contributed by atoms with Crippen molar-refractivity contribution in [2.75, 3.05) is 19.2 Å². The smallest absolute Gasteiger partial charge is 0.236 e. The Hall–Kier alpha value is -3.48. The summed E-state index contributed by atoms with van der Waals surface area (Å²) in [5.74, 6) is 2.64. The van der Waals surface area contributed by atoms with Crippen LogP contribution in [0.1, 0.15) is 18.5 Å². The van der Waals surface area contributed by atoms with Gasteiger partial charge < -0.3 is 24.1 Å². The van der Waals surface area contributed by atoms with Crippen molar-refractivity contribution in [2.45, 2.75) is 18.3 Å². The van der Waals surface area contributed by atoms with Crippen molar-refractivity contribution in [1.82, 2.24) is 5.16 Å². The van der Waals surface area contributed by atoms with Crippen molar-refractivity contribution >= 4 is 11.6 Å². The lowest BCUT2D eigenvalue weighted by atomic mass is 10.00. The molecule has 0 spiro atoms. The topological polar surface area (TPSA) is 82.8 Å². The summed E-state index contributed by atoms with van der Waals surface area (Å²) in [7, 11) is 1.61. The highest BCUT2D eigenvalue weighted by Gasteiger charge is 2.53. The first-order valence-electron chi connectivity index (χ1n) is 9.01. The molecule has 2 aromatic carbocycles. The number of anilines is 1. The van der Waals surface area contributed by atoms with E-state index in [1.54, 1.807) is 7.11 Å². The van der Waals surface area contributed by atoms with Gasteiger partial charge in [0.2, 0.25) is 12.7 Å². The van der Waals surface area contributed by atoms with E-state index in [9.17, 15) is 4.79 Å². The minimum Gasteiger partial charge on any atom is -0.497 e. The van der Waals surface area contributed by atoms with E-state index in [1.807, 2.05) is 48.5 Å². The third-order valence-electron chi connectivity index (χ3n) is 5.19. The maximum absolute atomic E-state index is 12.9. The lowest BCUT2D eigenvalue weighted by molar-refractivity contribution is -0.118. The van der Waals surface area contributed by atoms with Gasteiger partial charge in [-0.05, 0) is 55.3 Å². The first-order chi connectivity index (χ1) is 13.7. The average Bonchev–Trinajstić information content (AvgIpc) is 3.16. The predicted octanol–water partition coefficient (Wildman–Crippen LogP) is 3.75. The number of hydrogen-bond acceptors (Lipinski definition) is 6. The van der Waals surface area contributed by atoms with E-state index in [4.69, 9.17) is 18.7 Å². The maximum Gasteiger partial charge on any atom is 0.236 e. The minimum absolute atomic E-state index is 0.0804. The number of fused-ring (bicyclic) bond motifs is 1. The van der Waals surface area contributed by atoms with Gasteiger partial charge in [-0.3, -0.25) is 4.79 Å². The summed E-state index contributed by atoms with van der Waals surface area (Å²) in [6, 6.07) is 14.6. The van der Waals surface area contributed by atoms with E-state index in [0.717, 1.165) is 29.8 Å². The van der Waals surface area contributed by atoms with Crippen molar-refractivity contribution in [3.8, 4) is 28.6 Å². The van der Waals surface area contributed by atoms with E-state index in [1.165, 1.54) is 0 Å². The molecule has 142 valence electrons. The maximum atomic E-state index is 12.9. The molecular formula is C21H18N2O5. The van der Waals surface area contributed by atoms with Crippen LogP contribution >= 0.6 is 0 Å². The van der Waals surface area contributed by atoms with Crippen LogP contribution in [0.3, 0.4) is 0 Å². The Balaban J connectivity index is 1.36. The highest BCUT2D eigenvalue weighted by molar-refractivity contribution is 6.01. The highest BCUT2D eigenvalue weighted by atomic mass is 16.7. The Labute approximate surface area is 161 Å². The molecule has 1 aromatic heterocycles. The fourth-order valence-corrected chi connectivity index (χ4v) is 3.34. The highest BCUT2D eigenvalue weighted by Crippen LogP contribution is 2.49. The fourth-order valence-electron chi connectivity index (χ4n) is 3.34. The molecular weight excluding hydrogens is 360 g/mol. The number of hydrogen-bond donors (Lipinski definition) is 1. The van der Waals surface area contributed by atoms with Crippen LogP contribution in [-0.2, 0) is 10.2 Å². The first kappa shape index (κ1) is 16.7. The Morgan fingerprint density at radius 3 is 2.61 bits per heavy atom. The summed E-state index contributed by atoms with van der Waals surface area (Å²) < 4.78 is 21.4. The van der Waals surface area contributed by atoms with Crippen molar-refractivity contribution in [1.29, 1.82) is 0 Å². The van der Waals surface area contributed by atoms with Crippen molar-refractivity contribution in [3.63, 3.8) is 0 Å². The second-order valence-electron chi connectivity index (χ2n) is 6.91. The largest absolute Gasteiger partial charge is 0.497 e. The monoisotopic (exact) mass is 378 g/mol. The molecule has 1 aliphatic heterocycles. The second kappa shape index (κ2) is 6.30. The summed E-state index contributed by atoms with van der Waals surface area (Å²) in [6.07, 6.45) is 1.48. The second-order valence-corrected chi connectivity index (χ2v) is 6.91. The zero-order valence-electron chi connectivity index (χ0n) is 15.2. The van der Waals surface area contributed by atoms with Gasteiger partial charge in [0.25, 0.3) is 0 Å². The quantitative estimate of drug-likeness (QED) is 0.728. The molecule has 5 rings (SSSR count). The van der Waals surface area contributed by atoms with Gasteiger partial charge in [-0.1, -0.05) is 5.16 Å². The summed E-state index contributed by atoms with van der Waals surface area (Å²) in [4.78, 5) is 12.9. The van der Waals surface area contributed by atoms with Gasteiger partial charge in [-0.2, -0.15) is 0 Å². The Morgan fingerprint density at radius 1 is 1.07 bits per heavy atom. The molecule has 1 saturated carbocycles. The van der Waals surface area contributed by atoms with Crippen LogP contribution in [0.4, 0.5) is 5.69 Å². The molecule has 28 heavy (non-hydrogen) atoms. The van der Waals surface area contributed by atoms with Crippen LogP contribution in [-0.4, -0.2) is 25.0 Å². The molecule has 3 aromatic rings. The molecule has 1 fully saturated rings. The number of ether oxygens (including phenoxy) is 3. The lowest BCUT2D eigenvalue weighted by Crippen LogP contribution is -2.28. The molecule has 2 aliphatic rings. The molecule has 2 heterocycles. The van der Waals surface area contributed by atoms with Gasteiger partial charge in [0.1, 0.15) is 5.75 Å². The molecule has 7 heteroatoms. The summed E-state index contributed by atoms with van der Waals surface area (Å²) in [5.41, 5.74) is 1.55. The van der Waals surface area contributed by atoms with Crippen LogP contribution in [0, 0.1) is 0 Å². The van der Waals surface area contributed by atoms with E-state index in [2.05, 4.69) is 10.5 Å². The normalized spacial score (nSPS) is 15.9. The van der Waals surface area contributed by atoms with Gasteiger partial charge >= 0.3 is 0 Å². The first-order valence-corrected chi connectivity index (χ1v) is 9.01. The molecule has 7 nitrogen and oxygen atoms in total. The molecule has 0 atom stereocenters. The standard InChI is InChI=1S/C21H18N2O5/c1-25-15-5-3-14(4-6-15)22-20(24)21(8-9-21)19-11-17(28-23-19)13-2-7-16-18(10-13)27-12-26-16/h2-7,10-11H,8-9,12H2,1H3,(H,22,24). The average molecular weight is 378 g/mol. The van der Waals surface area contributed by atoms with E-state index >= 15 is 0 Å². The van der Waals surface area contributed by atoms with Crippen LogP contribution in [0.15, 0.2) is 53.1 Å². The molecule has 0 bridgehead atoms. The fraction of sp³-hybridized carbons (Fsp3) is 0.238. The third-order valence-corrected chi connectivity index (χ3v) is 5.19. The number of nitrogens with zero attached hydrogens (tertiary/aromatic N) is 1. The van der Waals surface area contributed by atoms with Crippen LogP contribution in [0.25, 0.3) is 11.3 Å². The molecule has 0 radical (unpaired) electrons. The third kappa shape index (κ3) is 2.76. The Kier molecular flexibility index (Phi) is 3.75. The molecule has 1 amide bonds. The van der Waals surface area contributed by atoms with Gasteiger partial charge in [-0.15, -0.1) is 0 Å². The number of rotatable bonds is 5. The van der Waals surface area contributed by atoms with E-state index in [-0.39, 0.29) is 12.7 Å². The SMILES string of the molecule is COc1ccc(NC(=O)C2(c3cc(-c4ccc5c(c4)OCO5)on3)CC2)cc1. The summed E-state index contributed by atoms with van der Waals surface area (Å²) >= 11 is 0. The Morgan fingerprint density at radius 2 is 1.86 bits per heavy atom.